The molecule has 0 radical (unpaired) electrons. The molecule has 0 N–H and O–H groups in total. The van der Waals surface area contributed by atoms with Gasteiger partial charge in [-0.3, -0.25) is 0 Å². The standard InChI is InChI=1S/C24BF20.C18H14NS/c26-5-1(6(27)14(35)21(42)13(5)34)25(2-7(28)15(36)22(43)16(37)8(2)29,3-9(30)17(38)23(44)18(39)10(3)31)4-11(32)19(40)24(45)20(41)12(4)33;1-2-6-16-11-14(9-10-15(16)5-1)12-19-13-20-18-8-4-3-7-17(18)19/h;1-11,13H,12H2/q-1;+1. The molecule has 0 saturated heterocycles. The van der Waals surface area contributed by atoms with E-state index in [2.05, 4.69) is 76.8 Å². The maximum absolute atomic E-state index is 15.4. The van der Waals surface area contributed by atoms with E-state index in [1.807, 2.05) is 0 Å². The lowest BCUT2D eigenvalue weighted by Crippen LogP contribution is -2.81. The predicted octanol–water partition coefficient (Wildman–Crippen LogP) is 10.2. The van der Waals surface area contributed by atoms with Crippen LogP contribution in [0.25, 0.3) is 21.0 Å². The second kappa shape index (κ2) is 17.1. The van der Waals surface area contributed by atoms with Gasteiger partial charge in [-0.05, 0) is 22.9 Å². The summed E-state index contributed by atoms with van der Waals surface area (Å²) in [6.45, 7) is 0.925. The third-order valence-electron chi connectivity index (χ3n) is 10.4. The number of benzene rings is 7. The van der Waals surface area contributed by atoms with Crippen LogP contribution < -0.4 is 26.4 Å². The highest BCUT2D eigenvalue weighted by atomic mass is 32.1. The minimum Gasteiger partial charge on any atom is -0.207 e. The molecular formula is C42H14BF20NS. The molecule has 0 aliphatic heterocycles. The van der Waals surface area contributed by atoms with Crippen LogP contribution in [0.4, 0.5) is 87.8 Å². The first-order chi connectivity index (χ1) is 30.6. The monoisotopic (exact) mass is 955 g/mol. The van der Waals surface area contributed by atoms with Gasteiger partial charge in [-0.2, -0.15) is 4.57 Å². The molecule has 0 atom stereocenters. The summed E-state index contributed by atoms with van der Waals surface area (Å²) < 4.78 is 298. The highest BCUT2D eigenvalue weighted by Gasteiger charge is 2.52. The zero-order valence-electron chi connectivity index (χ0n) is 31.1. The maximum atomic E-state index is 15.4. The number of fused-ring (bicyclic) bond motifs is 2. The average molecular weight is 955 g/mol. The third-order valence-corrected chi connectivity index (χ3v) is 11.3. The van der Waals surface area contributed by atoms with Gasteiger partial charge in [-0.25, -0.2) is 87.8 Å². The van der Waals surface area contributed by atoms with Gasteiger partial charge in [0.05, 0.1) is 0 Å². The van der Waals surface area contributed by atoms with Crippen LogP contribution in [0.1, 0.15) is 5.56 Å². The first kappa shape index (κ1) is 46.4. The molecule has 336 valence electrons. The van der Waals surface area contributed by atoms with Gasteiger partial charge in [0.25, 0.3) is 0 Å². The summed E-state index contributed by atoms with van der Waals surface area (Å²) in [6, 6.07) is 23.8. The highest BCUT2D eigenvalue weighted by molar-refractivity contribution is 7.20. The van der Waals surface area contributed by atoms with E-state index in [1.54, 1.807) is 11.3 Å². The van der Waals surface area contributed by atoms with Crippen LogP contribution >= 0.6 is 11.3 Å². The van der Waals surface area contributed by atoms with Gasteiger partial charge in [0.15, 0.2) is 76.4 Å². The Balaban J connectivity index is 0.000000258. The SMILES string of the molecule is Fc1c(F)c(F)c([B-](c2c(F)c(F)c(F)c(F)c2F)(c2c(F)c(F)c(F)c(F)c2F)c2c(F)c(F)c(F)c(F)c2F)c(F)c1F.c1ccc2cc(C[n+]3csc4ccccc43)ccc2c1. The van der Waals surface area contributed by atoms with Gasteiger partial charge >= 0.3 is 0 Å². The third kappa shape index (κ3) is 7.10. The molecule has 1 aromatic heterocycles. The lowest BCUT2D eigenvalue weighted by Gasteiger charge is -2.44. The number of rotatable bonds is 6. The lowest BCUT2D eigenvalue weighted by atomic mass is 9.12. The van der Waals surface area contributed by atoms with Crippen LogP contribution in [0.5, 0.6) is 0 Å². The van der Waals surface area contributed by atoms with E-state index < -0.39 is 144 Å². The van der Waals surface area contributed by atoms with Crippen molar-refractivity contribution in [2.75, 3.05) is 0 Å². The van der Waals surface area contributed by atoms with E-state index >= 15 is 35.1 Å². The zero-order valence-corrected chi connectivity index (χ0v) is 31.9. The molecule has 65 heavy (non-hydrogen) atoms. The fourth-order valence-corrected chi connectivity index (χ4v) is 8.39. The molecule has 7 aromatic carbocycles. The number of halogens is 20. The molecule has 1 nitrogen and oxygen atoms in total. The Bertz CT molecular complexity index is 2880. The van der Waals surface area contributed by atoms with Crippen LogP contribution in [0.2, 0.25) is 0 Å². The van der Waals surface area contributed by atoms with Crippen molar-refractivity contribution >= 4 is 60.3 Å². The van der Waals surface area contributed by atoms with Crippen LogP contribution in [0.3, 0.4) is 0 Å². The molecule has 0 spiro atoms. The first-order valence-corrected chi connectivity index (χ1v) is 18.5. The van der Waals surface area contributed by atoms with E-state index in [4.69, 9.17) is 0 Å². The molecule has 0 fully saturated rings. The van der Waals surface area contributed by atoms with Crippen LogP contribution in [0, 0.1) is 116 Å². The summed E-state index contributed by atoms with van der Waals surface area (Å²) in [6.07, 6.45) is -7.22. The van der Waals surface area contributed by atoms with E-state index in [9.17, 15) is 52.7 Å². The Labute approximate surface area is 352 Å². The van der Waals surface area contributed by atoms with Crippen LogP contribution in [-0.4, -0.2) is 6.15 Å². The Morgan fingerprint density at radius 1 is 0.338 bits per heavy atom. The van der Waals surface area contributed by atoms with Gasteiger partial charge in [0, 0.05) is 11.6 Å². The molecule has 0 unspecified atom stereocenters. The molecule has 0 aliphatic carbocycles. The topological polar surface area (TPSA) is 3.88 Å². The van der Waals surface area contributed by atoms with Crippen LogP contribution in [-0.2, 0) is 6.54 Å². The van der Waals surface area contributed by atoms with Gasteiger partial charge in [0.2, 0.25) is 11.0 Å². The van der Waals surface area contributed by atoms with Gasteiger partial charge < -0.3 is 0 Å². The normalized spacial score (nSPS) is 11.8. The van der Waals surface area contributed by atoms with Gasteiger partial charge in [-0.15, -0.1) is 21.9 Å². The number of hydrogen-bond donors (Lipinski definition) is 0. The average Bonchev–Trinajstić information content (AvgIpc) is 3.71. The quantitative estimate of drug-likeness (QED) is 0.0514. The second-order valence-corrected chi connectivity index (χ2v) is 14.7. The first-order valence-electron chi connectivity index (χ1n) is 17.7. The predicted molar refractivity (Wildman–Crippen MR) is 194 cm³/mol. The van der Waals surface area contributed by atoms with E-state index in [1.165, 1.54) is 26.6 Å². The largest absolute Gasteiger partial charge is 0.226 e. The number of hydrogen-bond acceptors (Lipinski definition) is 1. The molecule has 1 heterocycles. The maximum Gasteiger partial charge on any atom is 0.226 e. The number of aromatic nitrogens is 1. The summed E-state index contributed by atoms with van der Waals surface area (Å²) in [5.74, 6) is -71.4. The molecule has 0 saturated carbocycles. The van der Waals surface area contributed by atoms with E-state index in [0.717, 1.165) is 6.54 Å². The Hall–Kier alpha value is -6.65. The number of para-hydroxylation sites is 1. The van der Waals surface area contributed by atoms with Crippen molar-refractivity contribution < 1.29 is 92.4 Å². The van der Waals surface area contributed by atoms with Crippen molar-refractivity contribution in [1.29, 1.82) is 0 Å². The Morgan fingerprint density at radius 2 is 0.646 bits per heavy atom. The minimum atomic E-state index is -7.22. The molecule has 0 bridgehead atoms. The number of nitrogens with zero attached hydrogens (tertiary/aromatic N) is 1. The molecule has 0 aliphatic rings. The van der Waals surface area contributed by atoms with Gasteiger partial charge in [-0.1, -0.05) is 59.9 Å². The zero-order chi connectivity index (χ0) is 47.7. The van der Waals surface area contributed by atoms with Crippen molar-refractivity contribution in [3.8, 4) is 0 Å². The van der Waals surface area contributed by atoms with E-state index in [-0.39, 0.29) is 0 Å². The molecular weight excluding hydrogens is 941 g/mol. The van der Waals surface area contributed by atoms with Crippen molar-refractivity contribution in [3.05, 3.63) is 194 Å². The molecule has 0 amide bonds. The van der Waals surface area contributed by atoms with Crippen molar-refractivity contribution in [3.63, 3.8) is 0 Å². The van der Waals surface area contributed by atoms with Crippen LogP contribution in [0.15, 0.2) is 72.2 Å². The summed E-state index contributed by atoms with van der Waals surface area (Å²) >= 11 is 1.80. The minimum absolute atomic E-state index is 0.925. The lowest BCUT2D eigenvalue weighted by molar-refractivity contribution is -0.658. The van der Waals surface area contributed by atoms with Crippen molar-refractivity contribution in [2.24, 2.45) is 0 Å². The molecule has 8 aromatic rings. The summed E-state index contributed by atoms with van der Waals surface area (Å²) in [5.41, 5.74) is -9.47. The fraction of sp³-hybridized carbons (Fsp3) is 0.0238. The Morgan fingerprint density at radius 3 is 1.02 bits per heavy atom. The molecule has 23 heteroatoms. The summed E-state index contributed by atoms with van der Waals surface area (Å²) in [5, 5.41) is 2.61. The summed E-state index contributed by atoms with van der Waals surface area (Å²) in [7, 11) is 0. The summed E-state index contributed by atoms with van der Waals surface area (Å²) in [4.78, 5) is 0. The Kier molecular flexibility index (Phi) is 12.2. The van der Waals surface area contributed by atoms with Gasteiger partial charge in [0.1, 0.15) is 57.4 Å². The highest BCUT2D eigenvalue weighted by Crippen LogP contribution is 2.31. The van der Waals surface area contributed by atoms with Crippen molar-refractivity contribution in [1.82, 2.24) is 0 Å². The molecule has 8 rings (SSSR count). The smallest absolute Gasteiger partial charge is 0.207 e. The second-order valence-electron chi connectivity index (χ2n) is 13.8. The van der Waals surface area contributed by atoms with E-state index in [0.29, 0.717) is 0 Å². The number of thiazole rings is 1. The fourth-order valence-electron chi connectivity index (χ4n) is 7.50. The van der Waals surface area contributed by atoms with Crippen molar-refractivity contribution in [2.45, 2.75) is 6.54 Å².